The molecule has 2 aromatic carbocycles. The summed E-state index contributed by atoms with van der Waals surface area (Å²) >= 11 is 1.12. The first-order valence-corrected chi connectivity index (χ1v) is 12.0. The van der Waals surface area contributed by atoms with Gasteiger partial charge in [0.25, 0.3) is 0 Å². The summed E-state index contributed by atoms with van der Waals surface area (Å²) in [6.07, 6.45) is -4.44. The van der Waals surface area contributed by atoms with E-state index in [0.717, 1.165) is 35.0 Å². The molecule has 0 fully saturated rings. The number of hydrogen-bond acceptors (Lipinski definition) is 5. The number of carbonyl (C=O) groups excluding carboxylic acids is 2. The van der Waals surface area contributed by atoms with Crippen LogP contribution in [0.15, 0.2) is 47.6 Å². The van der Waals surface area contributed by atoms with Crippen LogP contribution in [-0.2, 0) is 18.0 Å². The van der Waals surface area contributed by atoms with Gasteiger partial charge in [-0.15, -0.1) is 0 Å². The lowest BCUT2D eigenvalue weighted by Gasteiger charge is -2.23. The predicted molar refractivity (Wildman–Crippen MR) is 130 cm³/mol. The van der Waals surface area contributed by atoms with Crippen LogP contribution in [-0.4, -0.2) is 50.3 Å². The summed E-state index contributed by atoms with van der Waals surface area (Å²) in [5.41, 5.74) is 2.45. The number of alkyl halides is 3. The van der Waals surface area contributed by atoms with Crippen molar-refractivity contribution < 1.29 is 22.8 Å². The van der Waals surface area contributed by atoms with Crippen LogP contribution >= 0.6 is 11.8 Å². The van der Waals surface area contributed by atoms with E-state index in [-0.39, 0.29) is 23.6 Å². The molecular weight excluding hydrogens is 479 g/mol. The van der Waals surface area contributed by atoms with E-state index >= 15 is 0 Å². The molecule has 0 atom stereocenters. The normalized spacial score (nSPS) is 14.5. The molecule has 1 N–H and O–H groups in total. The highest BCUT2D eigenvalue weighted by Crippen LogP contribution is 2.33. The maximum Gasteiger partial charge on any atom is 0.416 e. The van der Waals surface area contributed by atoms with Crippen LogP contribution in [0.2, 0.25) is 0 Å². The van der Waals surface area contributed by atoms with Gasteiger partial charge < -0.3 is 9.88 Å². The lowest BCUT2D eigenvalue weighted by atomic mass is 10.1. The van der Waals surface area contributed by atoms with Gasteiger partial charge >= 0.3 is 11.4 Å². The third kappa shape index (κ3) is 5.34. The fourth-order valence-corrected chi connectivity index (χ4v) is 4.43. The fourth-order valence-electron chi connectivity index (χ4n) is 3.66. The number of nitrogens with zero attached hydrogens (tertiary/aromatic N) is 4. The molecule has 0 unspecified atom stereocenters. The maximum absolute atomic E-state index is 13.2. The minimum Gasteiger partial charge on any atom is -0.354 e. The molecule has 2 amide bonds. The number of benzene rings is 2. The van der Waals surface area contributed by atoms with Crippen LogP contribution in [0, 0.1) is 5.92 Å². The summed E-state index contributed by atoms with van der Waals surface area (Å²) in [4.78, 5) is 28.6. The van der Waals surface area contributed by atoms with Crippen LogP contribution in [0.5, 0.6) is 0 Å². The molecule has 184 valence electrons. The molecule has 1 aliphatic heterocycles. The van der Waals surface area contributed by atoms with Gasteiger partial charge in [0, 0.05) is 36.4 Å². The number of imidazole rings is 1. The number of thioether (sulfide) groups is 1. The van der Waals surface area contributed by atoms with E-state index in [2.05, 4.69) is 15.4 Å². The molecule has 3 aromatic rings. The van der Waals surface area contributed by atoms with Crippen molar-refractivity contribution in [3.05, 3.63) is 53.6 Å². The van der Waals surface area contributed by atoms with Gasteiger partial charge in [0.05, 0.1) is 28.9 Å². The van der Waals surface area contributed by atoms with Crippen molar-refractivity contribution in [3.63, 3.8) is 0 Å². The Labute approximate surface area is 204 Å². The highest BCUT2D eigenvalue weighted by Gasteiger charge is 2.31. The van der Waals surface area contributed by atoms with Crippen molar-refractivity contribution in [1.82, 2.24) is 19.9 Å². The largest absolute Gasteiger partial charge is 0.416 e. The lowest BCUT2D eigenvalue weighted by molar-refractivity contribution is -0.137. The Morgan fingerprint density at radius 1 is 1.17 bits per heavy atom. The molecule has 2 heterocycles. The molecule has 0 saturated heterocycles. The van der Waals surface area contributed by atoms with Crippen molar-refractivity contribution in [2.24, 2.45) is 18.1 Å². The van der Waals surface area contributed by atoms with Gasteiger partial charge in [-0.1, -0.05) is 43.8 Å². The highest BCUT2D eigenvalue weighted by molar-refractivity contribution is 8.14. The standard InChI is InChI=1S/C24H24F3N5O2S/c1-14(2)22(33)28-9-10-32-23(34)35-13-19(30-32)15-7-8-20-18(12-15)29-21(31(20)3)16-5-4-6-17(11-16)24(25,26)27/h4-8,11-12,14H,9-10,13H2,1-3H3,(H,28,33). The quantitative estimate of drug-likeness (QED) is 0.519. The predicted octanol–water partition coefficient (Wildman–Crippen LogP) is 4.90. The first-order chi connectivity index (χ1) is 16.5. The number of aromatic nitrogens is 2. The molecule has 7 nitrogen and oxygen atoms in total. The van der Waals surface area contributed by atoms with Gasteiger partial charge in [-0.25, -0.2) is 9.99 Å². The molecule has 1 aliphatic rings. The van der Waals surface area contributed by atoms with E-state index in [1.165, 1.54) is 11.1 Å². The summed E-state index contributed by atoms with van der Waals surface area (Å²) in [5, 5.41) is 8.39. The van der Waals surface area contributed by atoms with Crippen molar-refractivity contribution in [1.29, 1.82) is 0 Å². The zero-order valence-electron chi connectivity index (χ0n) is 19.4. The van der Waals surface area contributed by atoms with E-state index in [1.54, 1.807) is 31.5 Å². The maximum atomic E-state index is 13.2. The second-order valence-corrected chi connectivity index (χ2v) is 9.37. The van der Waals surface area contributed by atoms with Crippen LogP contribution in [0.3, 0.4) is 0 Å². The van der Waals surface area contributed by atoms with Gasteiger partial charge in [0.15, 0.2) is 0 Å². The van der Waals surface area contributed by atoms with Crippen LogP contribution < -0.4 is 5.32 Å². The van der Waals surface area contributed by atoms with Crippen molar-refractivity contribution in [2.75, 3.05) is 18.8 Å². The molecule has 1 aromatic heterocycles. The number of halogens is 3. The van der Waals surface area contributed by atoms with Gasteiger partial charge in [0.2, 0.25) is 5.91 Å². The molecule has 0 radical (unpaired) electrons. The Morgan fingerprint density at radius 2 is 1.94 bits per heavy atom. The Kier molecular flexibility index (Phi) is 6.88. The number of aryl methyl sites for hydroxylation is 1. The zero-order chi connectivity index (χ0) is 25.3. The summed E-state index contributed by atoms with van der Waals surface area (Å²) in [5.74, 6) is 0.558. The molecular formula is C24H24F3N5O2S. The van der Waals surface area contributed by atoms with Crippen LogP contribution in [0.1, 0.15) is 25.0 Å². The summed E-state index contributed by atoms with van der Waals surface area (Å²) < 4.78 is 41.3. The number of rotatable bonds is 6. The molecule has 0 spiro atoms. The summed E-state index contributed by atoms with van der Waals surface area (Å²) in [6.45, 7) is 4.12. The van der Waals surface area contributed by atoms with E-state index in [1.807, 2.05) is 18.2 Å². The average molecular weight is 504 g/mol. The van der Waals surface area contributed by atoms with E-state index < -0.39 is 11.7 Å². The molecule has 0 saturated carbocycles. The highest BCUT2D eigenvalue weighted by atomic mass is 32.2. The van der Waals surface area contributed by atoms with E-state index in [9.17, 15) is 22.8 Å². The average Bonchev–Trinajstić information content (AvgIpc) is 3.15. The zero-order valence-corrected chi connectivity index (χ0v) is 20.2. The number of carbonyl (C=O) groups is 2. The monoisotopic (exact) mass is 503 g/mol. The second-order valence-electron chi connectivity index (χ2n) is 8.45. The van der Waals surface area contributed by atoms with Gasteiger partial charge in [-0.2, -0.15) is 18.3 Å². The number of hydrazone groups is 1. The van der Waals surface area contributed by atoms with Gasteiger partial charge in [-0.3, -0.25) is 9.59 Å². The topological polar surface area (TPSA) is 79.6 Å². The Bertz CT molecular complexity index is 1320. The third-order valence-electron chi connectivity index (χ3n) is 5.59. The number of amides is 2. The molecule has 0 aliphatic carbocycles. The SMILES string of the molecule is CC(C)C(=O)NCCN1N=C(c2ccc3c(c2)nc(-c2cccc(C(F)(F)F)c2)n3C)CSC1=O. The summed E-state index contributed by atoms with van der Waals surface area (Å²) in [7, 11) is 1.75. The van der Waals surface area contributed by atoms with Gasteiger partial charge in [0.1, 0.15) is 5.82 Å². The first-order valence-electron chi connectivity index (χ1n) is 11.0. The molecule has 35 heavy (non-hydrogen) atoms. The smallest absolute Gasteiger partial charge is 0.354 e. The molecule has 0 bridgehead atoms. The van der Waals surface area contributed by atoms with E-state index in [4.69, 9.17) is 0 Å². The fraction of sp³-hybridized carbons (Fsp3) is 0.333. The van der Waals surface area contributed by atoms with Crippen molar-refractivity contribution in [3.8, 4) is 11.4 Å². The second kappa shape index (κ2) is 9.73. The Balaban J connectivity index is 1.60. The van der Waals surface area contributed by atoms with Crippen molar-refractivity contribution >= 4 is 39.7 Å². The number of fused-ring (bicyclic) bond motifs is 1. The Morgan fingerprint density at radius 3 is 2.66 bits per heavy atom. The lowest BCUT2D eigenvalue weighted by Crippen LogP contribution is -2.38. The minimum absolute atomic E-state index is 0.0940. The Hall–Kier alpha value is -3.34. The van der Waals surface area contributed by atoms with Gasteiger partial charge in [-0.05, 0) is 24.3 Å². The third-order valence-corrected chi connectivity index (χ3v) is 6.47. The number of hydrogen-bond donors (Lipinski definition) is 1. The molecule has 11 heteroatoms. The number of nitrogens with one attached hydrogen (secondary N) is 1. The van der Waals surface area contributed by atoms with E-state index in [0.29, 0.717) is 34.9 Å². The first kappa shape index (κ1) is 24.8. The van der Waals surface area contributed by atoms with Crippen LogP contribution in [0.25, 0.3) is 22.4 Å². The van der Waals surface area contributed by atoms with Crippen molar-refractivity contribution in [2.45, 2.75) is 20.0 Å². The van der Waals surface area contributed by atoms with Crippen LogP contribution in [0.4, 0.5) is 18.0 Å². The molecule has 4 rings (SSSR count). The minimum atomic E-state index is -4.44. The summed E-state index contributed by atoms with van der Waals surface area (Å²) in [6, 6.07) is 10.6.